The summed E-state index contributed by atoms with van der Waals surface area (Å²) in [6.45, 7) is 5.49. The Labute approximate surface area is 162 Å². The number of amides is 1. The quantitative estimate of drug-likeness (QED) is 0.729. The topological polar surface area (TPSA) is 97.0 Å². The molecule has 8 heteroatoms. The van der Waals surface area contributed by atoms with E-state index in [1.54, 1.807) is 12.1 Å². The maximum Gasteiger partial charge on any atom is 0.256 e. The number of aromatic nitrogens is 4. The first-order chi connectivity index (χ1) is 13.6. The number of benzene rings is 1. The fraction of sp³-hybridized carbons (Fsp3) is 0.350. The third-order valence-electron chi connectivity index (χ3n) is 4.98. The highest BCUT2D eigenvalue weighted by molar-refractivity contribution is 6.03. The standard InChI is InChI=1S/C20H22N6O2/c1-13-8-9-18(23-22-13)21-20(27)16-6-3-5-15(11-16)12-26-10-4-7-17(26)19-14(2)24-28-25-19/h3,5-6,8-9,11,17H,4,7,10,12H2,1-2H3,(H,21,23,27)/t17-/m0/s1. The van der Waals surface area contributed by atoms with E-state index in [1.807, 2.05) is 38.1 Å². The van der Waals surface area contributed by atoms with E-state index in [1.165, 1.54) is 0 Å². The van der Waals surface area contributed by atoms with Crippen molar-refractivity contribution in [3.63, 3.8) is 0 Å². The van der Waals surface area contributed by atoms with Gasteiger partial charge in [0.15, 0.2) is 5.82 Å². The molecule has 1 atom stereocenters. The van der Waals surface area contributed by atoms with Crippen LogP contribution in [0.5, 0.6) is 0 Å². The summed E-state index contributed by atoms with van der Waals surface area (Å²) in [6, 6.07) is 11.4. The molecule has 0 unspecified atom stereocenters. The first-order valence-corrected chi connectivity index (χ1v) is 9.34. The van der Waals surface area contributed by atoms with Crippen molar-refractivity contribution in [3.05, 3.63) is 64.6 Å². The van der Waals surface area contributed by atoms with Crippen LogP contribution in [0.2, 0.25) is 0 Å². The third-order valence-corrected chi connectivity index (χ3v) is 4.98. The highest BCUT2D eigenvalue weighted by atomic mass is 16.6. The van der Waals surface area contributed by atoms with Crippen LogP contribution in [0.25, 0.3) is 0 Å². The predicted molar refractivity (Wildman–Crippen MR) is 103 cm³/mol. The van der Waals surface area contributed by atoms with E-state index >= 15 is 0 Å². The van der Waals surface area contributed by atoms with Gasteiger partial charge in [-0.1, -0.05) is 22.4 Å². The fourth-order valence-corrected chi connectivity index (χ4v) is 3.56. The zero-order valence-electron chi connectivity index (χ0n) is 15.9. The Morgan fingerprint density at radius 2 is 2.11 bits per heavy atom. The Bertz CT molecular complexity index is 969. The molecule has 2 aromatic heterocycles. The second kappa shape index (κ2) is 7.85. The SMILES string of the molecule is Cc1ccc(NC(=O)c2cccc(CN3CCC[C@H]3c3nonc3C)c2)nn1. The number of anilines is 1. The summed E-state index contributed by atoms with van der Waals surface area (Å²) in [7, 11) is 0. The van der Waals surface area contributed by atoms with Crippen LogP contribution < -0.4 is 5.32 Å². The predicted octanol–water partition coefficient (Wildman–Crippen LogP) is 3.07. The molecule has 1 N–H and O–H groups in total. The zero-order chi connectivity index (χ0) is 19.5. The number of hydrogen-bond acceptors (Lipinski definition) is 7. The van der Waals surface area contributed by atoms with E-state index in [-0.39, 0.29) is 11.9 Å². The van der Waals surface area contributed by atoms with Gasteiger partial charge in [0.1, 0.15) is 11.4 Å². The molecule has 0 spiro atoms. The minimum atomic E-state index is -0.200. The normalized spacial score (nSPS) is 17.0. The van der Waals surface area contributed by atoms with Crippen molar-refractivity contribution >= 4 is 11.7 Å². The lowest BCUT2D eigenvalue weighted by molar-refractivity contribution is 0.102. The lowest BCUT2D eigenvalue weighted by atomic mass is 10.1. The second-order valence-electron chi connectivity index (χ2n) is 7.08. The Balaban J connectivity index is 1.47. The molecule has 0 aliphatic carbocycles. The first-order valence-electron chi connectivity index (χ1n) is 9.34. The number of hydrogen-bond donors (Lipinski definition) is 1. The smallest absolute Gasteiger partial charge is 0.256 e. The molecule has 0 radical (unpaired) electrons. The van der Waals surface area contributed by atoms with Crippen LogP contribution in [-0.4, -0.2) is 37.9 Å². The molecule has 144 valence electrons. The molecule has 28 heavy (non-hydrogen) atoms. The highest BCUT2D eigenvalue weighted by Gasteiger charge is 2.30. The number of likely N-dealkylation sites (tertiary alicyclic amines) is 1. The molecule has 1 aromatic carbocycles. The van der Waals surface area contributed by atoms with Gasteiger partial charge in [0.25, 0.3) is 5.91 Å². The Kier molecular flexibility index (Phi) is 5.12. The minimum Gasteiger partial charge on any atom is -0.305 e. The van der Waals surface area contributed by atoms with Gasteiger partial charge in [0, 0.05) is 12.1 Å². The molecule has 3 heterocycles. The summed E-state index contributed by atoms with van der Waals surface area (Å²) in [4.78, 5) is 14.9. The van der Waals surface area contributed by atoms with Gasteiger partial charge < -0.3 is 5.32 Å². The summed E-state index contributed by atoms with van der Waals surface area (Å²) in [5.41, 5.74) is 4.21. The van der Waals surface area contributed by atoms with Crippen LogP contribution in [0, 0.1) is 13.8 Å². The molecule has 4 rings (SSSR count). The molecule has 0 saturated carbocycles. The van der Waals surface area contributed by atoms with Gasteiger partial charge >= 0.3 is 0 Å². The third kappa shape index (κ3) is 3.91. The van der Waals surface area contributed by atoms with E-state index in [0.717, 1.165) is 48.6 Å². The number of rotatable bonds is 5. The second-order valence-corrected chi connectivity index (χ2v) is 7.08. The Morgan fingerprint density at radius 3 is 2.86 bits per heavy atom. The average Bonchev–Trinajstić information content (AvgIpc) is 3.32. The van der Waals surface area contributed by atoms with Crippen molar-refractivity contribution in [2.24, 2.45) is 0 Å². The summed E-state index contributed by atoms with van der Waals surface area (Å²) in [6.07, 6.45) is 2.13. The van der Waals surface area contributed by atoms with Crippen LogP contribution in [0.15, 0.2) is 41.0 Å². The molecule has 1 aliphatic heterocycles. The minimum absolute atomic E-state index is 0.200. The lowest BCUT2D eigenvalue weighted by Crippen LogP contribution is -2.24. The molecule has 1 saturated heterocycles. The van der Waals surface area contributed by atoms with Gasteiger partial charge in [-0.3, -0.25) is 9.69 Å². The Morgan fingerprint density at radius 1 is 1.21 bits per heavy atom. The maximum absolute atomic E-state index is 12.6. The molecule has 1 amide bonds. The van der Waals surface area contributed by atoms with Crippen molar-refractivity contribution in [1.82, 2.24) is 25.4 Å². The summed E-state index contributed by atoms with van der Waals surface area (Å²) in [5.74, 6) is 0.240. The zero-order valence-corrected chi connectivity index (χ0v) is 15.9. The molecular formula is C20H22N6O2. The van der Waals surface area contributed by atoms with Crippen molar-refractivity contribution in [2.75, 3.05) is 11.9 Å². The van der Waals surface area contributed by atoms with Crippen molar-refractivity contribution in [1.29, 1.82) is 0 Å². The fourth-order valence-electron chi connectivity index (χ4n) is 3.56. The lowest BCUT2D eigenvalue weighted by Gasteiger charge is -2.23. The largest absolute Gasteiger partial charge is 0.305 e. The van der Waals surface area contributed by atoms with Gasteiger partial charge in [0.05, 0.1) is 11.7 Å². The van der Waals surface area contributed by atoms with Gasteiger partial charge in [0.2, 0.25) is 0 Å². The maximum atomic E-state index is 12.6. The molecule has 1 aliphatic rings. The summed E-state index contributed by atoms with van der Waals surface area (Å²) >= 11 is 0. The van der Waals surface area contributed by atoms with Crippen LogP contribution in [0.4, 0.5) is 5.82 Å². The van der Waals surface area contributed by atoms with E-state index < -0.39 is 0 Å². The van der Waals surface area contributed by atoms with Crippen LogP contribution in [0.3, 0.4) is 0 Å². The number of nitrogens with zero attached hydrogens (tertiary/aromatic N) is 5. The summed E-state index contributed by atoms with van der Waals surface area (Å²) in [5, 5.41) is 18.7. The van der Waals surface area contributed by atoms with Gasteiger partial charge in [-0.05, 0) is 63.1 Å². The molecule has 0 bridgehead atoms. The molecule has 3 aromatic rings. The highest BCUT2D eigenvalue weighted by Crippen LogP contribution is 2.33. The average molecular weight is 378 g/mol. The van der Waals surface area contributed by atoms with E-state index in [4.69, 9.17) is 4.63 Å². The first kappa shape index (κ1) is 18.2. The van der Waals surface area contributed by atoms with Crippen molar-refractivity contribution in [2.45, 2.75) is 39.3 Å². The number of carbonyl (C=O) groups excluding carboxylic acids is 1. The Hall–Kier alpha value is -3.13. The van der Waals surface area contributed by atoms with E-state index in [9.17, 15) is 4.79 Å². The van der Waals surface area contributed by atoms with Gasteiger partial charge in [-0.15, -0.1) is 5.10 Å². The van der Waals surface area contributed by atoms with E-state index in [0.29, 0.717) is 11.4 Å². The summed E-state index contributed by atoms with van der Waals surface area (Å²) < 4.78 is 4.88. The van der Waals surface area contributed by atoms with Crippen molar-refractivity contribution < 1.29 is 9.42 Å². The van der Waals surface area contributed by atoms with Crippen LogP contribution in [-0.2, 0) is 6.54 Å². The molecule has 1 fully saturated rings. The number of nitrogens with one attached hydrogen (secondary N) is 1. The number of carbonyl (C=O) groups is 1. The van der Waals surface area contributed by atoms with Crippen LogP contribution >= 0.6 is 0 Å². The van der Waals surface area contributed by atoms with Crippen LogP contribution in [0.1, 0.15) is 51.9 Å². The molecular weight excluding hydrogens is 356 g/mol. The monoisotopic (exact) mass is 378 g/mol. The molecule has 8 nitrogen and oxygen atoms in total. The van der Waals surface area contributed by atoms with Crippen molar-refractivity contribution in [3.8, 4) is 0 Å². The van der Waals surface area contributed by atoms with Gasteiger partial charge in [-0.25, -0.2) is 4.63 Å². The number of aryl methyl sites for hydroxylation is 2. The van der Waals surface area contributed by atoms with Gasteiger partial charge in [-0.2, -0.15) is 5.10 Å². The van der Waals surface area contributed by atoms with E-state index in [2.05, 4.69) is 30.7 Å².